The first-order valence-electron chi connectivity index (χ1n) is 6.51. The molecular formula is C14H21ClF2N2. The van der Waals surface area contributed by atoms with E-state index < -0.39 is 11.6 Å². The number of rotatable bonds is 3. The Kier molecular flexibility index (Phi) is 6.17. The summed E-state index contributed by atoms with van der Waals surface area (Å²) >= 11 is 0. The minimum Gasteiger partial charge on any atom is -0.330 e. The van der Waals surface area contributed by atoms with Crippen molar-refractivity contribution in [2.75, 3.05) is 19.6 Å². The fourth-order valence-corrected chi connectivity index (χ4v) is 2.67. The van der Waals surface area contributed by atoms with Crippen molar-refractivity contribution >= 4 is 12.4 Å². The summed E-state index contributed by atoms with van der Waals surface area (Å²) in [7, 11) is 0. The van der Waals surface area contributed by atoms with Gasteiger partial charge in [0.05, 0.1) is 0 Å². The van der Waals surface area contributed by atoms with Crippen LogP contribution in [-0.2, 0) is 0 Å². The summed E-state index contributed by atoms with van der Waals surface area (Å²) in [5.41, 5.74) is 5.83. The Bertz CT molecular complexity index is 386. The van der Waals surface area contributed by atoms with Gasteiger partial charge in [-0.1, -0.05) is 6.07 Å². The highest BCUT2D eigenvalue weighted by atomic mass is 35.5. The average Bonchev–Trinajstić information content (AvgIpc) is 2.38. The smallest absolute Gasteiger partial charge is 0.130 e. The molecule has 19 heavy (non-hydrogen) atoms. The van der Waals surface area contributed by atoms with Crippen LogP contribution in [0, 0.1) is 17.6 Å². The molecule has 0 aromatic heterocycles. The second kappa shape index (κ2) is 7.17. The molecule has 108 valence electrons. The van der Waals surface area contributed by atoms with Crippen molar-refractivity contribution in [3.63, 3.8) is 0 Å². The van der Waals surface area contributed by atoms with E-state index in [-0.39, 0.29) is 24.0 Å². The van der Waals surface area contributed by atoms with Crippen molar-refractivity contribution in [3.8, 4) is 0 Å². The van der Waals surface area contributed by atoms with Gasteiger partial charge in [0.2, 0.25) is 0 Å². The second-order valence-electron chi connectivity index (χ2n) is 5.03. The molecular weight excluding hydrogens is 270 g/mol. The summed E-state index contributed by atoms with van der Waals surface area (Å²) in [6.45, 7) is 4.29. The number of hydrogen-bond acceptors (Lipinski definition) is 2. The largest absolute Gasteiger partial charge is 0.330 e. The molecule has 0 radical (unpaired) electrons. The first kappa shape index (κ1) is 16.3. The van der Waals surface area contributed by atoms with Gasteiger partial charge in [-0.05, 0) is 57.5 Å². The van der Waals surface area contributed by atoms with Gasteiger partial charge in [0.25, 0.3) is 0 Å². The number of hydrogen-bond donors (Lipinski definition) is 1. The third-order valence-corrected chi connectivity index (χ3v) is 3.95. The maximum absolute atomic E-state index is 13.7. The van der Waals surface area contributed by atoms with Gasteiger partial charge in [0, 0.05) is 11.6 Å². The van der Waals surface area contributed by atoms with Gasteiger partial charge in [-0.2, -0.15) is 0 Å². The van der Waals surface area contributed by atoms with E-state index in [1.54, 1.807) is 0 Å². The molecule has 2 nitrogen and oxygen atoms in total. The molecule has 1 aliphatic rings. The predicted molar refractivity (Wildman–Crippen MR) is 75.4 cm³/mol. The minimum absolute atomic E-state index is 0. The minimum atomic E-state index is -0.455. The van der Waals surface area contributed by atoms with E-state index in [1.807, 2.05) is 6.92 Å². The fraction of sp³-hybridized carbons (Fsp3) is 0.571. The molecule has 0 bridgehead atoms. The summed E-state index contributed by atoms with van der Waals surface area (Å²) in [6, 6.07) is 3.83. The van der Waals surface area contributed by atoms with E-state index in [9.17, 15) is 8.78 Å². The van der Waals surface area contributed by atoms with Gasteiger partial charge < -0.3 is 5.73 Å². The van der Waals surface area contributed by atoms with Crippen LogP contribution in [0.3, 0.4) is 0 Å². The molecule has 0 spiro atoms. The van der Waals surface area contributed by atoms with Crippen LogP contribution in [0.15, 0.2) is 18.2 Å². The molecule has 0 amide bonds. The normalized spacial score (nSPS) is 18.9. The first-order chi connectivity index (χ1) is 8.63. The number of halogens is 3. The molecule has 1 atom stereocenters. The van der Waals surface area contributed by atoms with Gasteiger partial charge in [-0.3, -0.25) is 4.90 Å². The number of nitrogens with two attached hydrogens (primary N) is 1. The lowest BCUT2D eigenvalue weighted by atomic mass is 9.94. The van der Waals surface area contributed by atoms with Crippen molar-refractivity contribution < 1.29 is 8.78 Å². The summed E-state index contributed by atoms with van der Waals surface area (Å²) in [4.78, 5) is 2.13. The molecule has 1 saturated heterocycles. The maximum Gasteiger partial charge on any atom is 0.130 e. The molecule has 1 heterocycles. The second-order valence-corrected chi connectivity index (χ2v) is 5.03. The zero-order valence-electron chi connectivity index (χ0n) is 11.1. The number of nitrogens with zero attached hydrogens (tertiary/aromatic N) is 1. The van der Waals surface area contributed by atoms with E-state index in [1.165, 1.54) is 18.2 Å². The van der Waals surface area contributed by atoms with Crippen molar-refractivity contribution in [1.82, 2.24) is 4.90 Å². The average molecular weight is 291 g/mol. The molecule has 5 heteroatoms. The third kappa shape index (κ3) is 3.65. The summed E-state index contributed by atoms with van der Waals surface area (Å²) in [6.07, 6.45) is 2.02. The van der Waals surface area contributed by atoms with Gasteiger partial charge in [-0.15, -0.1) is 12.4 Å². The summed E-state index contributed by atoms with van der Waals surface area (Å²) in [5, 5.41) is 0. The Morgan fingerprint density at radius 1 is 1.26 bits per heavy atom. The molecule has 0 aliphatic carbocycles. The molecule has 2 N–H and O–H groups in total. The SMILES string of the molecule is CC(c1c(F)cccc1F)N1CCC(CN)CC1.Cl. The van der Waals surface area contributed by atoms with Crippen LogP contribution in [0.5, 0.6) is 0 Å². The standard InChI is InChI=1S/C14H20F2N2.ClH/c1-10(14-12(15)3-2-4-13(14)16)18-7-5-11(9-17)6-8-18;/h2-4,10-11H,5-9,17H2,1H3;1H. The molecule has 1 aliphatic heterocycles. The fourth-order valence-electron chi connectivity index (χ4n) is 2.67. The molecule has 0 saturated carbocycles. The van der Waals surface area contributed by atoms with Gasteiger partial charge in [0.1, 0.15) is 11.6 Å². The van der Waals surface area contributed by atoms with Gasteiger partial charge >= 0.3 is 0 Å². The Morgan fingerprint density at radius 2 is 1.79 bits per heavy atom. The highest BCUT2D eigenvalue weighted by molar-refractivity contribution is 5.85. The van der Waals surface area contributed by atoms with Crippen molar-refractivity contribution in [2.24, 2.45) is 11.7 Å². The van der Waals surface area contributed by atoms with Crippen LogP contribution in [0.2, 0.25) is 0 Å². The van der Waals surface area contributed by atoms with Crippen LogP contribution >= 0.6 is 12.4 Å². The highest BCUT2D eigenvalue weighted by Crippen LogP contribution is 2.29. The van der Waals surface area contributed by atoms with Crippen LogP contribution < -0.4 is 5.73 Å². The van der Waals surface area contributed by atoms with Crippen LogP contribution in [-0.4, -0.2) is 24.5 Å². The van der Waals surface area contributed by atoms with Crippen LogP contribution in [0.25, 0.3) is 0 Å². The van der Waals surface area contributed by atoms with Crippen molar-refractivity contribution in [2.45, 2.75) is 25.8 Å². The quantitative estimate of drug-likeness (QED) is 0.927. The van der Waals surface area contributed by atoms with Gasteiger partial charge in [0.15, 0.2) is 0 Å². The monoisotopic (exact) mass is 290 g/mol. The van der Waals surface area contributed by atoms with E-state index in [2.05, 4.69) is 4.90 Å². The Balaban J connectivity index is 0.00000180. The predicted octanol–water partition coefficient (Wildman–Crippen LogP) is 3.12. The number of likely N-dealkylation sites (tertiary alicyclic amines) is 1. The van der Waals surface area contributed by atoms with E-state index >= 15 is 0 Å². The van der Waals surface area contributed by atoms with E-state index in [0.29, 0.717) is 12.5 Å². The lowest BCUT2D eigenvalue weighted by Gasteiger charge is -2.36. The lowest BCUT2D eigenvalue weighted by Crippen LogP contribution is -2.38. The summed E-state index contributed by atoms with van der Waals surface area (Å²) < 4.78 is 27.4. The van der Waals surface area contributed by atoms with Crippen molar-refractivity contribution in [1.29, 1.82) is 0 Å². The van der Waals surface area contributed by atoms with Gasteiger partial charge in [-0.25, -0.2) is 8.78 Å². The van der Waals surface area contributed by atoms with Crippen molar-refractivity contribution in [3.05, 3.63) is 35.4 Å². The molecule has 1 aromatic rings. The van der Waals surface area contributed by atoms with E-state index in [0.717, 1.165) is 25.9 Å². The van der Waals surface area contributed by atoms with Crippen LogP contribution in [0.4, 0.5) is 8.78 Å². The lowest BCUT2D eigenvalue weighted by molar-refractivity contribution is 0.139. The topological polar surface area (TPSA) is 29.3 Å². The molecule has 1 aromatic carbocycles. The number of benzene rings is 1. The van der Waals surface area contributed by atoms with E-state index in [4.69, 9.17) is 5.73 Å². The molecule has 1 unspecified atom stereocenters. The van der Waals surface area contributed by atoms with Crippen LogP contribution in [0.1, 0.15) is 31.4 Å². The summed E-state index contributed by atoms with van der Waals surface area (Å²) in [5.74, 6) is -0.356. The molecule has 2 rings (SSSR count). The Labute approximate surface area is 119 Å². The maximum atomic E-state index is 13.7. The first-order valence-corrected chi connectivity index (χ1v) is 6.51. The Morgan fingerprint density at radius 3 is 2.26 bits per heavy atom. The zero-order chi connectivity index (χ0) is 13.1. The number of piperidine rings is 1. The molecule has 1 fully saturated rings. The zero-order valence-corrected chi connectivity index (χ0v) is 11.9. The Hall–Kier alpha value is -0.710. The highest BCUT2D eigenvalue weighted by Gasteiger charge is 2.26. The third-order valence-electron chi connectivity index (χ3n) is 3.95.